The van der Waals surface area contributed by atoms with Gasteiger partial charge in [-0.25, -0.2) is 0 Å². The molecular formula is C17H18N2O3. The van der Waals surface area contributed by atoms with E-state index in [1.165, 1.54) is 23.8 Å². The topological polar surface area (TPSA) is 72.2 Å². The first-order valence-electron chi connectivity index (χ1n) is 7.19. The van der Waals surface area contributed by atoms with E-state index in [1.807, 2.05) is 30.3 Å². The van der Waals surface area contributed by atoms with Crippen molar-refractivity contribution in [1.82, 2.24) is 5.32 Å². The molecule has 0 aliphatic heterocycles. The molecule has 1 atom stereocenters. The molecule has 0 aromatic heterocycles. The van der Waals surface area contributed by atoms with Crippen molar-refractivity contribution in [2.24, 2.45) is 0 Å². The van der Waals surface area contributed by atoms with Crippen molar-refractivity contribution in [3.05, 3.63) is 75.8 Å². The molecular weight excluding hydrogens is 280 g/mol. The van der Waals surface area contributed by atoms with Crippen molar-refractivity contribution in [3.8, 4) is 0 Å². The molecule has 0 bridgehead atoms. The number of carbonyl (C=O) groups excluding carboxylic acids is 1. The number of hydrogen-bond acceptors (Lipinski definition) is 3. The van der Waals surface area contributed by atoms with Crippen LogP contribution in [-0.2, 0) is 0 Å². The van der Waals surface area contributed by atoms with Crippen LogP contribution in [0.4, 0.5) is 5.69 Å². The van der Waals surface area contributed by atoms with Gasteiger partial charge in [0.15, 0.2) is 0 Å². The summed E-state index contributed by atoms with van der Waals surface area (Å²) in [6, 6.07) is 15.7. The van der Waals surface area contributed by atoms with E-state index in [0.717, 1.165) is 6.42 Å². The fourth-order valence-corrected chi connectivity index (χ4v) is 2.30. The van der Waals surface area contributed by atoms with E-state index in [9.17, 15) is 14.9 Å². The van der Waals surface area contributed by atoms with Gasteiger partial charge in [-0.1, -0.05) is 43.3 Å². The smallest absolute Gasteiger partial charge is 0.270 e. The first-order chi connectivity index (χ1) is 10.6. The van der Waals surface area contributed by atoms with E-state index in [-0.39, 0.29) is 17.5 Å². The third-order valence-electron chi connectivity index (χ3n) is 3.59. The Hall–Kier alpha value is -2.69. The van der Waals surface area contributed by atoms with Gasteiger partial charge in [-0.05, 0) is 18.1 Å². The van der Waals surface area contributed by atoms with Gasteiger partial charge in [0.25, 0.3) is 11.6 Å². The number of nitrogens with zero attached hydrogens (tertiary/aromatic N) is 1. The summed E-state index contributed by atoms with van der Waals surface area (Å²) in [4.78, 5) is 22.4. The van der Waals surface area contributed by atoms with Crippen LogP contribution in [0.2, 0.25) is 0 Å². The lowest BCUT2D eigenvalue weighted by Crippen LogP contribution is -2.28. The standard InChI is InChI=1S/C17H18N2O3/c1-2-13(14-7-4-3-5-8-14)12-18-17(20)15-9-6-10-16(11-15)19(21)22/h3-11,13H,2,12H2,1H3,(H,18,20)/t13-/m1/s1. The number of non-ortho nitro benzene ring substituents is 1. The summed E-state index contributed by atoms with van der Waals surface area (Å²) in [6.07, 6.45) is 0.902. The van der Waals surface area contributed by atoms with Gasteiger partial charge >= 0.3 is 0 Å². The fourth-order valence-electron chi connectivity index (χ4n) is 2.30. The number of carbonyl (C=O) groups is 1. The molecule has 0 saturated carbocycles. The Bertz CT molecular complexity index is 656. The third-order valence-corrected chi connectivity index (χ3v) is 3.59. The minimum absolute atomic E-state index is 0.0808. The average molecular weight is 298 g/mol. The number of benzene rings is 2. The Morgan fingerprint density at radius 1 is 1.18 bits per heavy atom. The second-order valence-corrected chi connectivity index (χ2v) is 5.03. The summed E-state index contributed by atoms with van der Waals surface area (Å²) < 4.78 is 0. The molecule has 0 spiro atoms. The zero-order chi connectivity index (χ0) is 15.9. The lowest BCUT2D eigenvalue weighted by atomic mass is 9.96. The number of rotatable bonds is 6. The maximum Gasteiger partial charge on any atom is 0.270 e. The molecule has 114 valence electrons. The SMILES string of the molecule is CC[C@H](CNC(=O)c1cccc([N+](=O)[O-])c1)c1ccccc1. The molecule has 22 heavy (non-hydrogen) atoms. The molecule has 0 saturated heterocycles. The van der Waals surface area contributed by atoms with E-state index < -0.39 is 4.92 Å². The molecule has 5 heteroatoms. The van der Waals surface area contributed by atoms with Crippen molar-refractivity contribution in [1.29, 1.82) is 0 Å². The number of hydrogen-bond donors (Lipinski definition) is 1. The summed E-state index contributed by atoms with van der Waals surface area (Å²) in [5, 5.41) is 13.6. The summed E-state index contributed by atoms with van der Waals surface area (Å²) in [6.45, 7) is 2.57. The minimum Gasteiger partial charge on any atom is -0.351 e. The number of nitro groups is 1. The summed E-state index contributed by atoms with van der Waals surface area (Å²) in [7, 11) is 0. The highest BCUT2D eigenvalue weighted by molar-refractivity contribution is 5.94. The van der Waals surface area contributed by atoms with Crippen LogP contribution in [0, 0.1) is 10.1 Å². The minimum atomic E-state index is -0.504. The quantitative estimate of drug-likeness (QED) is 0.655. The molecule has 2 rings (SSSR count). The maximum atomic E-state index is 12.1. The Labute approximate surface area is 129 Å². The highest BCUT2D eigenvalue weighted by Crippen LogP contribution is 2.18. The van der Waals surface area contributed by atoms with Crippen LogP contribution in [0.15, 0.2) is 54.6 Å². The van der Waals surface area contributed by atoms with Gasteiger partial charge in [-0.2, -0.15) is 0 Å². The molecule has 1 N–H and O–H groups in total. The summed E-state index contributed by atoms with van der Waals surface area (Å²) >= 11 is 0. The van der Waals surface area contributed by atoms with E-state index in [2.05, 4.69) is 12.2 Å². The van der Waals surface area contributed by atoms with Gasteiger partial charge in [0.05, 0.1) is 4.92 Å². The zero-order valence-corrected chi connectivity index (χ0v) is 12.4. The van der Waals surface area contributed by atoms with Crippen molar-refractivity contribution >= 4 is 11.6 Å². The number of amides is 1. The van der Waals surface area contributed by atoms with Gasteiger partial charge in [0.1, 0.15) is 0 Å². The molecule has 0 unspecified atom stereocenters. The van der Waals surface area contributed by atoms with E-state index in [0.29, 0.717) is 12.1 Å². The fraction of sp³-hybridized carbons (Fsp3) is 0.235. The average Bonchev–Trinajstić information content (AvgIpc) is 2.56. The van der Waals surface area contributed by atoms with Crippen molar-refractivity contribution in [3.63, 3.8) is 0 Å². The number of nitro benzene ring substituents is 1. The highest BCUT2D eigenvalue weighted by atomic mass is 16.6. The number of nitrogens with one attached hydrogen (secondary N) is 1. The molecule has 0 aliphatic rings. The molecule has 0 radical (unpaired) electrons. The lowest BCUT2D eigenvalue weighted by Gasteiger charge is -2.16. The van der Waals surface area contributed by atoms with Crippen LogP contribution < -0.4 is 5.32 Å². The Kier molecular flexibility index (Phi) is 5.25. The zero-order valence-electron chi connectivity index (χ0n) is 12.4. The van der Waals surface area contributed by atoms with Crippen LogP contribution in [0.1, 0.15) is 35.2 Å². The second kappa shape index (κ2) is 7.36. The second-order valence-electron chi connectivity index (χ2n) is 5.03. The van der Waals surface area contributed by atoms with Gasteiger partial charge in [0, 0.05) is 30.2 Å². The first kappa shape index (κ1) is 15.7. The summed E-state index contributed by atoms with van der Waals surface area (Å²) in [5.41, 5.74) is 1.39. The summed E-state index contributed by atoms with van der Waals surface area (Å²) in [5.74, 6) is -0.0677. The van der Waals surface area contributed by atoms with Crippen LogP contribution in [0.25, 0.3) is 0 Å². The molecule has 1 amide bonds. The van der Waals surface area contributed by atoms with E-state index in [1.54, 1.807) is 6.07 Å². The normalized spacial score (nSPS) is 11.7. The third kappa shape index (κ3) is 3.91. The largest absolute Gasteiger partial charge is 0.351 e. The van der Waals surface area contributed by atoms with Crippen LogP contribution in [0.3, 0.4) is 0 Å². The van der Waals surface area contributed by atoms with Gasteiger partial charge < -0.3 is 5.32 Å². The van der Waals surface area contributed by atoms with E-state index >= 15 is 0 Å². The van der Waals surface area contributed by atoms with Gasteiger partial charge in [0.2, 0.25) is 0 Å². The van der Waals surface area contributed by atoms with Crippen molar-refractivity contribution < 1.29 is 9.72 Å². The molecule has 0 aliphatic carbocycles. The predicted octanol–water partition coefficient (Wildman–Crippen LogP) is 3.52. The predicted molar refractivity (Wildman–Crippen MR) is 84.9 cm³/mol. The van der Waals surface area contributed by atoms with Crippen LogP contribution in [0.5, 0.6) is 0 Å². The van der Waals surface area contributed by atoms with Gasteiger partial charge in [-0.3, -0.25) is 14.9 Å². The lowest BCUT2D eigenvalue weighted by molar-refractivity contribution is -0.384. The first-order valence-corrected chi connectivity index (χ1v) is 7.19. The molecule has 5 nitrogen and oxygen atoms in total. The highest BCUT2D eigenvalue weighted by Gasteiger charge is 2.14. The Morgan fingerprint density at radius 2 is 1.91 bits per heavy atom. The maximum absolute atomic E-state index is 12.1. The molecule has 0 heterocycles. The molecule has 2 aromatic carbocycles. The Morgan fingerprint density at radius 3 is 2.55 bits per heavy atom. The van der Waals surface area contributed by atoms with E-state index in [4.69, 9.17) is 0 Å². The van der Waals surface area contributed by atoms with Crippen molar-refractivity contribution in [2.75, 3.05) is 6.54 Å². The Balaban J connectivity index is 2.03. The van der Waals surface area contributed by atoms with Gasteiger partial charge in [-0.15, -0.1) is 0 Å². The van der Waals surface area contributed by atoms with Crippen LogP contribution in [-0.4, -0.2) is 17.4 Å². The molecule has 0 fully saturated rings. The van der Waals surface area contributed by atoms with Crippen molar-refractivity contribution in [2.45, 2.75) is 19.3 Å². The van der Waals surface area contributed by atoms with Crippen LogP contribution >= 0.6 is 0 Å². The monoisotopic (exact) mass is 298 g/mol. The molecule has 2 aromatic rings.